The normalized spacial score (nSPS) is 15.7. The van der Waals surface area contributed by atoms with Crippen molar-refractivity contribution in [2.75, 3.05) is 20.3 Å². The number of methoxy groups -OCH3 is 1. The van der Waals surface area contributed by atoms with Crippen molar-refractivity contribution in [3.8, 4) is 11.5 Å². The lowest BCUT2D eigenvalue weighted by molar-refractivity contribution is -0.122. The van der Waals surface area contributed by atoms with E-state index in [4.69, 9.17) is 14.2 Å². The van der Waals surface area contributed by atoms with Crippen LogP contribution in [0.3, 0.4) is 0 Å². The number of ether oxygens (including phenoxy) is 3. The second-order valence-electron chi connectivity index (χ2n) is 7.28. The Labute approximate surface area is 178 Å². The highest BCUT2D eigenvalue weighted by Crippen LogP contribution is 2.29. The number of hydrogen-bond acceptors (Lipinski definition) is 7. The highest BCUT2D eigenvalue weighted by molar-refractivity contribution is 5.78. The van der Waals surface area contributed by atoms with Gasteiger partial charge in [0.2, 0.25) is 5.91 Å². The van der Waals surface area contributed by atoms with Crippen LogP contribution in [0.15, 0.2) is 47.3 Å². The number of carbonyl (C=O) groups is 1. The molecule has 9 heteroatoms. The van der Waals surface area contributed by atoms with Crippen LogP contribution < -0.4 is 20.3 Å². The van der Waals surface area contributed by atoms with Gasteiger partial charge in [0.15, 0.2) is 11.5 Å². The lowest BCUT2D eigenvalue weighted by Gasteiger charge is -2.15. The SMILES string of the molecule is COc1cc(CNC(=O)Cn2nnc3ccccc3c2=O)ccc1OCC1CCCO1. The number of hydrogen-bond donors (Lipinski definition) is 1. The lowest BCUT2D eigenvalue weighted by Crippen LogP contribution is -2.34. The van der Waals surface area contributed by atoms with Crippen molar-refractivity contribution in [2.45, 2.75) is 32.0 Å². The van der Waals surface area contributed by atoms with E-state index >= 15 is 0 Å². The molecule has 0 spiro atoms. The lowest BCUT2D eigenvalue weighted by atomic mass is 10.2. The molecule has 9 nitrogen and oxygen atoms in total. The molecule has 0 bridgehead atoms. The van der Waals surface area contributed by atoms with Crippen molar-refractivity contribution in [1.82, 2.24) is 20.3 Å². The molecule has 1 aliphatic rings. The van der Waals surface area contributed by atoms with Gasteiger partial charge in [0, 0.05) is 13.2 Å². The van der Waals surface area contributed by atoms with E-state index in [1.165, 1.54) is 0 Å². The third-order valence-electron chi connectivity index (χ3n) is 5.09. The minimum absolute atomic E-state index is 0.116. The van der Waals surface area contributed by atoms with Crippen LogP contribution in [0.4, 0.5) is 0 Å². The molecule has 31 heavy (non-hydrogen) atoms. The van der Waals surface area contributed by atoms with Crippen LogP contribution in [0.5, 0.6) is 11.5 Å². The predicted octanol–water partition coefficient (Wildman–Crippen LogP) is 1.67. The fourth-order valence-corrected chi connectivity index (χ4v) is 3.42. The third-order valence-corrected chi connectivity index (χ3v) is 5.09. The molecule has 1 fully saturated rings. The third kappa shape index (κ3) is 5.00. The minimum atomic E-state index is -0.352. The maximum atomic E-state index is 12.5. The molecule has 1 aromatic heterocycles. The Hall–Kier alpha value is -3.46. The quantitative estimate of drug-likeness (QED) is 0.587. The summed E-state index contributed by atoms with van der Waals surface area (Å²) >= 11 is 0. The smallest absolute Gasteiger partial charge is 0.278 e. The number of amides is 1. The van der Waals surface area contributed by atoms with Crippen LogP contribution in [0.1, 0.15) is 18.4 Å². The van der Waals surface area contributed by atoms with Gasteiger partial charge in [-0.05, 0) is 42.7 Å². The highest BCUT2D eigenvalue weighted by atomic mass is 16.5. The van der Waals surface area contributed by atoms with Crippen LogP contribution in [0, 0.1) is 0 Å². The molecule has 1 N–H and O–H groups in total. The van der Waals surface area contributed by atoms with E-state index in [0.29, 0.717) is 29.0 Å². The first-order valence-corrected chi connectivity index (χ1v) is 10.1. The fourth-order valence-electron chi connectivity index (χ4n) is 3.42. The van der Waals surface area contributed by atoms with E-state index in [2.05, 4.69) is 15.6 Å². The zero-order chi connectivity index (χ0) is 21.6. The Balaban J connectivity index is 1.35. The molecule has 0 aliphatic carbocycles. The molecule has 1 unspecified atom stereocenters. The number of benzene rings is 2. The maximum absolute atomic E-state index is 12.5. The van der Waals surface area contributed by atoms with Crippen LogP contribution >= 0.6 is 0 Å². The maximum Gasteiger partial charge on any atom is 0.278 e. The van der Waals surface area contributed by atoms with Crippen molar-refractivity contribution in [1.29, 1.82) is 0 Å². The number of aromatic nitrogens is 3. The van der Waals surface area contributed by atoms with Gasteiger partial charge in [-0.25, -0.2) is 4.68 Å². The van der Waals surface area contributed by atoms with Gasteiger partial charge in [0.05, 0.1) is 18.6 Å². The van der Waals surface area contributed by atoms with Crippen molar-refractivity contribution in [3.05, 3.63) is 58.4 Å². The van der Waals surface area contributed by atoms with Crippen molar-refractivity contribution in [2.24, 2.45) is 0 Å². The van der Waals surface area contributed by atoms with E-state index in [1.54, 1.807) is 31.4 Å². The summed E-state index contributed by atoms with van der Waals surface area (Å²) in [6, 6.07) is 12.4. The van der Waals surface area contributed by atoms with Gasteiger partial charge in [0.1, 0.15) is 18.7 Å². The molecule has 0 saturated carbocycles. The average Bonchev–Trinajstić information content (AvgIpc) is 3.32. The Morgan fingerprint density at radius 3 is 2.94 bits per heavy atom. The molecule has 162 valence electrons. The van der Waals surface area contributed by atoms with Gasteiger partial charge >= 0.3 is 0 Å². The summed E-state index contributed by atoms with van der Waals surface area (Å²) in [6.45, 7) is 1.32. The first-order valence-electron chi connectivity index (χ1n) is 10.1. The molecule has 1 aliphatic heterocycles. The van der Waals surface area contributed by atoms with E-state index in [9.17, 15) is 9.59 Å². The van der Waals surface area contributed by atoms with Crippen LogP contribution in [-0.4, -0.2) is 47.3 Å². The largest absolute Gasteiger partial charge is 0.493 e. The topological polar surface area (TPSA) is 105 Å². The average molecular weight is 424 g/mol. The number of nitrogens with zero attached hydrogens (tertiary/aromatic N) is 3. The van der Waals surface area contributed by atoms with E-state index in [1.807, 2.05) is 18.2 Å². The Kier molecular flexibility index (Phi) is 6.42. The molecule has 0 radical (unpaired) electrons. The van der Waals surface area contributed by atoms with E-state index < -0.39 is 0 Å². The monoisotopic (exact) mass is 424 g/mol. The summed E-state index contributed by atoms with van der Waals surface area (Å²) in [5, 5.41) is 11.0. The zero-order valence-corrected chi connectivity index (χ0v) is 17.2. The summed E-state index contributed by atoms with van der Waals surface area (Å²) < 4.78 is 17.9. The van der Waals surface area contributed by atoms with E-state index in [0.717, 1.165) is 29.7 Å². The Bertz CT molecular complexity index is 1120. The summed E-state index contributed by atoms with van der Waals surface area (Å²) in [6.07, 6.45) is 2.17. The second-order valence-corrected chi connectivity index (χ2v) is 7.28. The van der Waals surface area contributed by atoms with E-state index in [-0.39, 0.29) is 30.7 Å². The number of fused-ring (bicyclic) bond motifs is 1. The van der Waals surface area contributed by atoms with Gasteiger partial charge in [-0.2, -0.15) is 0 Å². The fraction of sp³-hybridized carbons (Fsp3) is 0.364. The number of rotatable bonds is 8. The molecule has 3 aromatic rings. The molecule has 1 amide bonds. The molecule has 4 rings (SSSR count). The second kappa shape index (κ2) is 9.57. The molecule has 1 atom stereocenters. The summed E-state index contributed by atoms with van der Waals surface area (Å²) in [4.78, 5) is 24.8. The van der Waals surface area contributed by atoms with Gasteiger partial charge < -0.3 is 19.5 Å². The highest BCUT2D eigenvalue weighted by Gasteiger charge is 2.17. The molecule has 2 heterocycles. The van der Waals surface area contributed by atoms with Crippen molar-refractivity contribution in [3.63, 3.8) is 0 Å². The molecule has 1 saturated heterocycles. The summed E-state index contributed by atoms with van der Waals surface area (Å²) in [7, 11) is 1.57. The first-order chi connectivity index (χ1) is 15.1. The zero-order valence-electron chi connectivity index (χ0n) is 17.2. The predicted molar refractivity (Wildman–Crippen MR) is 113 cm³/mol. The Morgan fingerprint density at radius 2 is 2.13 bits per heavy atom. The summed E-state index contributed by atoms with van der Waals surface area (Å²) in [5.41, 5.74) is 0.986. The van der Waals surface area contributed by atoms with Gasteiger partial charge in [-0.15, -0.1) is 5.10 Å². The van der Waals surface area contributed by atoms with Crippen molar-refractivity contribution >= 4 is 16.8 Å². The van der Waals surface area contributed by atoms with Crippen LogP contribution in [0.25, 0.3) is 10.9 Å². The van der Waals surface area contributed by atoms with Crippen LogP contribution in [0.2, 0.25) is 0 Å². The van der Waals surface area contributed by atoms with Gasteiger partial charge in [0.25, 0.3) is 5.56 Å². The molecular weight excluding hydrogens is 400 g/mol. The first kappa shape index (κ1) is 20.8. The molecular formula is C22H24N4O5. The number of nitrogens with one attached hydrogen (secondary N) is 1. The van der Waals surface area contributed by atoms with Gasteiger partial charge in [-0.1, -0.05) is 23.4 Å². The Morgan fingerprint density at radius 1 is 1.26 bits per heavy atom. The van der Waals surface area contributed by atoms with Crippen LogP contribution in [-0.2, 0) is 22.6 Å². The number of carbonyl (C=O) groups excluding carboxylic acids is 1. The summed E-state index contributed by atoms with van der Waals surface area (Å²) in [5.74, 6) is 0.872. The minimum Gasteiger partial charge on any atom is -0.493 e. The molecule has 2 aromatic carbocycles. The van der Waals surface area contributed by atoms with Crippen molar-refractivity contribution < 1.29 is 19.0 Å². The van der Waals surface area contributed by atoms with Gasteiger partial charge in [-0.3, -0.25) is 9.59 Å². The standard InChI is InChI=1S/C22H24N4O5/c1-29-20-11-15(8-9-19(20)31-14-16-5-4-10-30-16)12-23-21(27)13-26-22(28)17-6-2-3-7-18(17)24-25-26/h2-3,6-9,11,16H,4-5,10,12-14H2,1H3,(H,23,27).